The predicted molar refractivity (Wildman–Crippen MR) is 73.9 cm³/mol. The van der Waals surface area contributed by atoms with E-state index in [4.69, 9.17) is 4.98 Å². The van der Waals surface area contributed by atoms with Crippen molar-refractivity contribution in [1.29, 1.82) is 0 Å². The van der Waals surface area contributed by atoms with E-state index in [2.05, 4.69) is 17.1 Å². The number of thioether (sulfide) groups is 1. The van der Waals surface area contributed by atoms with Gasteiger partial charge in [-0.15, -0.1) is 11.3 Å². The Hall–Kier alpha value is -0.0600. The number of fused-ring (bicyclic) bond motifs is 1. The van der Waals surface area contributed by atoms with Gasteiger partial charge in [0.25, 0.3) is 0 Å². The van der Waals surface area contributed by atoms with Crippen molar-refractivity contribution >= 4 is 23.1 Å². The minimum atomic E-state index is 0.237. The quantitative estimate of drug-likeness (QED) is 0.910. The second-order valence-corrected chi connectivity index (χ2v) is 7.73. The third-order valence-corrected chi connectivity index (χ3v) is 6.64. The third-order valence-electron chi connectivity index (χ3n) is 4.08. The summed E-state index contributed by atoms with van der Waals surface area (Å²) in [6, 6.07) is 0.785. The fourth-order valence-electron chi connectivity index (χ4n) is 2.92. The number of nitrogens with zero attached hydrogens (tertiary/aromatic N) is 1. The highest BCUT2D eigenvalue weighted by atomic mass is 32.2. The number of rotatable bonds is 3. The Kier molecular flexibility index (Phi) is 2.53. The molecule has 1 saturated carbocycles. The molecule has 0 radical (unpaired) electrons. The number of thiazole rings is 1. The molecule has 92 valence electrons. The van der Waals surface area contributed by atoms with Gasteiger partial charge in [-0.25, -0.2) is 4.98 Å². The van der Waals surface area contributed by atoms with Gasteiger partial charge < -0.3 is 5.32 Å². The summed E-state index contributed by atoms with van der Waals surface area (Å²) in [5, 5.41) is 5.30. The van der Waals surface area contributed by atoms with Gasteiger partial charge in [-0.2, -0.15) is 11.8 Å². The first-order chi connectivity index (χ1) is 8.36. The molecule has 2 aliphatic carbocycles. The molecule has 2 fully saturated rings. The SMILES string of the molecule is C1Cc2nc(C3(NC4CC4)CCSC3)sc2C1. The molecule has 1 N–H and O–H groups in total. The molecular weight excluding hydrogens is 248 g/mol. The summed E-state index contributed by atoms with van der Waals surface area (Å²) >= 11 is 4.09. The van der Waals surface area contributed by atoms with Gasteiger partial charge in [0, 0.05) is 16.7 Å². The maximum absolute atomic E-state index is 4.97. The van der Waals surface area contributed by atoms with Crippen LogP contribution in [0.3, 0.4) is 0 Å². The number of aryl methyl sites for hydroxylation is 2. The van der Waals surface area contributed by atoms with Crippen molar-refractivity contribution in [2.45, 2.75) is 50.1 Å². The summed E-state index contributed by atoms with van der Waals surface area (Å²) in [5.41, 5.74) is 1.65. The van der Waals surface area contributed by atoms with E-state index in [9.17, 15) is 0 Å². The maximum Gasteiger partial charge on any atom is 0.114 e. The molecule has 4 rings (SSSR count). The average molecular weight is 266 g/mol. The zero-order chi connectivity index (χ0) is 11.3. The van der Waals surface area contributed by atoms with E-state index in [1.165, 1.54) is 60.7 Å². The Bertz CT molecular complexity index is 409. The molecule has 3 aliphatic rings. The summed E-state index contributed by atoms with van der Waals surface area (Å²) in [4.78, 5) is 6.55. The van der Waals surface area contributed by atoms with Crippen LogP contribution in [0.25, 0.3) is 0 Å². The molecule has 1 atom stereocenters. The molecule has 0 amide bonds. The molecule has 1 aromatic rings. The fraction of sp³-hybridized carbons (Fsp3) is 0.769. The monoisotopic (exact) mass is 266 g/mol. The van der Waals surface area contributed by atoms with Crippen molar-refractivity contribution in [2.24, 2.45) is 0 Å². The minimum Gasteiger partial charge on any atom is -0.302 e. The zero-order valence-corrected chi connectivity index (χ0v) is 11.6. The molecule has 1 unspecified atom stereocenters. The van der Waals surface area contributed by atoms with Gasteiger partial charge in [-0.3, -0.25) is 0 Å². The van der Waals surface area contributed by atoms with Gasteiger partial charge in [0.05, 0.1) is 11.2 Å². The van der Waals surface area contributed by atoms with Crippen LogP contribution in [-0.4, -0.2) is 22.5 Å². The van der Waals surface area contributed by atoms with Crippen LogP contribution < -0.4 is 5.32 Å². The van der Waals surface area contributed by atoms with Gasteiger partial charge in [-0.05, 0) is 44.3 Å². The van der Waals surface area contributed by atoms with E-state index in [1.54, 1.807) is 4.88 Å². The third kappa shape index (κ3) is 1.85. The Morgan fingerprint density at radius 2 is 2.24 bits per heavy atom. The molecule has 17 heavy (non-hydrogen) atoms. The van der Waals surface area contributed by atoms with Crippen LogP contribution in [0.2, 0.25) is 0 Å². The van der Waals surface area contributed by atoms with Crippen LogP contribution in [0.4, 0.5) is 0 Å². The standard InChI is InChI=1S/C13H18N2S2/c1-2-10-11(3-1)17-12(14-10)13(6-7-16-8-13)15-9-4-5-9/h9,15H,1-8H2. The molecular formula is C13H18N2S2. The van der Waals surface area contributed by atoms with Crippen molar-refractivity contribution in [3.05, 3.63) is 15.6 Å². The fourth-order valence-corrected chi connectivity index (χ4v) is 5.69. The Morgan fingerprint density at radius 1 is 1.29 bits per heavy atom. The van der Waals surface area contributed by atoms with Gasteiger partial charge in [-0.1, -0.05) is 0 Å². The molecule has 1 aromatic heterocycles. The van der Waals surface area contributed by atoms with Crippen molar-refractivity contribution in [1.82, 2.24) is 10.3 Å². The molecule has 2 heterocycles. The van der Waals surface area contributed by atoms with Crippen molar-refractivity contribution in [2.75, 3.05) is 11.5 Å². The molecule has 0 bridgehead atoms. The van der Waals surface area contributed by atoms with Gasteiger partial charge in [0.15, 0.2) is 0 Å². The van der Waals surface area contributed by atoms with Crippen molar-refractivity contribution in [3.63, 3.8) is 0 Å². The highest BCUT2D eigenvalue weighted by molar-refractivity contribution is 7.99. The first-order valence-corrected chi connectivity index (χ1v) is 8.67. The summed E-state index contributed by atoms with van der Waals surface area (Å²) in [5.74, 6) is 2.53. The first kappa shape index (κ1) is 10.8. The predicted octanol–water partition coefficient (Wildman–Crippen LogP) is 2.72. The van der Waals surface area contributed by atoms with E-state index in [-0.39, 0.29) is 5.54 Å². The Balaban J connectivity index is 1.67. The van der Waals surface area contributed by atoms with Crippen LogP contribution in [0.5, 0.6) is 0 Å². The largest absolute Gasteiger partial charge is 0.302 e. The average Bonchev–Trinajstić information content (AvgIpc) is 2.76. The van der Waals surface area contributed by atoms with E-state index in [0.29, 0.717) is 0 Å². The van der Waals surface area contributed by atoms with E-state index in [0.717, 1.165) is 6.04 Å². The van der Waals surface area contributed by atoms with Crippen LogP contribution >= 0.6 is 23.1 Å². The van der Waals surface area contributed by atoms with Crippen molar-refractivity contribution in [3.8, 4) is 0 Å². The number of nitrogens with one attached hydrogen (secondary N) is 1. The van der Waals surface area contributed by atoms with Crippen LogP contribution in [-0.2, 0) is 18.4 Å². The van der Waals surface area contributed by atoms with Gasteiger partial charge in [0.1, 0.15) is 5.01 Å². The number of hydrogen-bond acceptors (Lipinski definition) is 4. The highest BCUT2D eigenvalue weighted by Crippen LogP contribution is 2.43. The molecule has 1 saturated heterocycles. The maximum atomic E-state index is 4.97. The lowest BCUT2D eigenvalue weighted by molar-refractivity contribution is 0.370. The smallest absolute Gasteiger partial charge is 0.114 e. The lowest BCUT2D eigenvalue weighted by Crippen LogP contribution is -2.43. The zero-order valence-electron chi connectivity index (χ0n) is 10.00. The van der Waals surface area contributed by atoms with Crippen LogP contribution in [0, 0.1) is 0 Å². The normalized spacial score (nSPS) is 32.0. The molecule has 0 spiro atoms. The van der Waals surface area contributed by atoms with E-state index >= 15 is 0 Å². The Labute approximate surface area is 111 Å². The second-order valence-electron chi connectivity index (χ2n) is 5.55. The first-order valence-electron chi connectivity index (χ1n) is 6.70. The lowest BCUT2D eigenvalue weighted by atomic mass is 9.99. The van der Waals surface area contributed by atoms with Crippen LogP contribution in [0.15, 0.2) is 0 Å². The summed E-state index contributed by atoms with van der Waals surface area (Å²) in [6.07, 6.45) is 7.85. The van der Waals surface area contributed by atoms with Crippen LogP contribution in [0.1, 0.15) is 41.3 Å². The summed E-state index contributed by atoms with van der Waals surface area (Å²) in [6.45, 7) is 0. The molecule has 0 aromatic carbocycles. The summed E-state index contributed by atoms with van der Waals surface area (Å²) in [7, 11) is 0. The molecule has 1 aliphatic heterocycles. The highest BCUT2D eigenvalue weighted by Gasteiger charge is 2.43. The second kappa shape index (κ2) is 3.97. The minimum absolute atomic E-state index is 0.237. The van der Waals surface area contributed by atoms with Crippen molar-refractivity contribution < 1.29 is 0 Å². The van der Waals surface area contributed by atoms with Gasteiger partial charge in [0.2, 0.25) is 0 Å². The molecule has 2 nitrogen and oxygen atoms in total. The number of aromatic nitrogens is 1. The Morgan fingerprint density at radius 3 is 2.94 bits per heavy atom. The topological polar surface area (TPSA) is 24.9 Å². The van der Waals surface area contributed by atoms with E-state index in [1.807, 2.05) is 11.3 Å². The van der Waals surface area contributed by atoms with Gasteiger partial charge >= 0.3 is 0 Å². The number of hydrogen-bond donors (Lipinski definition) is 1. The lowest BCUT2D eigenvalue weighted by Gasteiger charge is -2.27. The molecule has 4 heteroatoms. The van der Waals surface area contributed by atoms with E-state index < -0.39 is 0 Å². The summed E-state index contributed by atoms with van der Waals surface area (Å²) < 4.78 is 0.